The lowest BCUT2D eigenvalue weighted by Crippen LogP contribution is -2.20. The lowest BCUT2D eigenvalue weighted by molar-refractivity contribution is -0.113. The third-order valence-corrected chi connectivity index (χ3v) is 6.51. The van der Waals surface area contributed by atoms with Crippen LogP contribution in [-0.4, -0.2) is 30.0 Å². The molecule has 0 atom stereocenters. The summed E-state index contributed by atoms with van der Waals surface area (Å²) >= 11 is 6.65. The molecule has 3 rings (SSSR count). The molecular weight excluding hydrogens is 441 g/mol. The van der Waals surface area contributed by atoms with Gasteiger partial charge in [0.15, 0.2) is 10.1 Å². The first-order valence-corrected chi connectivity index (χ1v) is 10.9. The Morgan fingerprint density at radius 3 is 2.59 bits per heavy atom. The molecule has 0 fully saturated rings. The molecular formula is C18H13ClFN3O4S2. The van der Waals surface area contributed by atoms with Crippen molar-refractivity contribution in [3.63, 3.8) is 0 Å². The fraction of sp³-hybridized carbons (Fsp3) is 0.0556. The van der Waals surface area contributed by atoms with Crippen LogP contribution in [0.4, 0.5) is 10.1 Å². The summed E-state index contributed by atoms with van der Waals surface area (Å²) in [4.78, 5) is 29.8. The number of benzene rings is 2. The molecule has 1 amide bonds. The molecule has 1 aromatic heterocycles. The van der Waals surface area contributed by atoms with Crippen LogP contribution in [0.2, 0.25) is 5.02 Å². The summed E-state index contributed by atoms with van der Waals surface area (Å²) in [6, 6.07) is 10.8. The number of rotatable bonds is 6. The van der Waals surface area contributed by atoms with Crippen molar-refractivity contribution < 1.29 is 17.6 Å². The van der Waals surface area contributed by atoms with Gasteiger partial charge in [-0.2, -0.15) is 0 Å². The molecule has 0 aliphatic rings. The predicted molar refractivity (Wildman–Crippen MR) is 108 cm³/mol. The second kappa shape index (κ2) is 8.76. The van der Waals surface area contributed by atoms with E-state index in [9.17, 15) is 22.4 Å². The fourth-order valence-corrected chi connectivity index (χ4v) is 4.26. The van der Waals surface area contributed by atoms with Crippen LogP contribution in [-0.2, 0) is 14.6 Å². The third-order valence-electron chi connectivity index (χ3n) is 3.61. The predicted octanol–water partition coefficient (Wildman–Crippen LogP) is 3.13. The Labute approximate surface area is 174 Å². The smallest absolute Gasteiger partial charge is 0.270 e. The Morgan fingerprint density at radius 1 is 1.21 bits per heavy atom. The number of hydrogen-bond acceptors (Lipinski definition) is 6. The molecule has 11 heteroatoms. The van der Waals surface area contributed by atoms with Gasteiger partial charge in [-0.25, -0.2) is 17.8 Å². The molecule has 150 valence electrons. The summed E-state index contributed by atoms with van der Waals surface area (Å²) < 4.78 is 38.3. The lowest BCUT2D eigenvalue weighted by atomic mass is 10.3. The van der Waals surface area contributed by atoms with Crippen molar-refractivity contribution >= 4 is 44.8 Å². The Kier molecular flexibility index (Phi) is 6.36. The van der Waals surface area contributed by atoms with Gasteiger partial charge in [0.2, 0.25) is 15.7 Å². The summed E-state index contributed by atoms with van der Waals surface area (Å²) in [5.41, 5.74) is -0.565. The number of halogens is 2. The molecule has 0 radical (unpaired) electrons. The highest BCUT2D eigenvalue weighted by molar-refractivity contribution is 7.99. The van der Waals surface area contributed by atoms with Gasteiger partial charge in [0.1, 0.15) is 5.82 Å². The van der Waals surface area contributed by atoms with E-state index in [2.05, 4.69) is 15.3 Å². The summed E-state index contributed by atoms with van der Waals surface area (Å²) in [6.45, 7) is 0. The number of carbonyl (C=O) groups excluding carboxylic acids is 1. The highest BCUT2D eigenvalue weighted by atomic mass is 35.5. The van der Waals surface area contributed by atoms with Crippen LogP contribution in [0.15, 0.2) is 74.5 Å². The second-order valence-electron chi connectivity index (χ2n) is 5.69. The normalized spacial score (nSPS) is 11.2. The minimum absolute atomic E-state index is 0.0689. The van der Waals surface area contributed by atoms with E-state index in [0.29, 0.717) is 10.7 Å². The summed E-state index contributed by atoms with van der Waals surface area (Å²) in [6.07, 6.45) is 0.940. The van der Waals surface area contributed by atoms with E-state index in [1.165, 1.54) is 48.5 Å². The molecule has 29 heavy (non-hydrogen) atoms. The Morgan fingerprint density at radius 2 is 1.93 bits per heavy atom. The maximum Gasteiger partial charge on any atom is 0.270 e. The molecule has 0 saturated carbocycles. The summed E-state index contributed by atoms with van der Waals surface area (Å²) in [5.74, 6) is -1.05. The molecule has 0 unspecified atom stereocenters. The van der Waals surface area contributed by atoms with Crippen molar-refractivity contribution in [3.8, 4) is 0 Å². The first-order chi connectivity index (χ1) is 13.8. The van der Waals surface area contributed by atoms with E-state index in [1.807, 2.05) is 0 Å². The Balaban J connectivity index is 1.70. The van der Waals surface area contributed by atoms with Gasteiger partial charge in [0.25, 0.3) is 5.56 Å². The first-order valence-electron chi connectivity index (χ1n) is 8.04. The Hall–Kier alpha value is -2.69. The number of sulfone groups is 1. The first kappa shape index (κ1) is 21.0. The zero-order chi connectivity index (χ0) is 21.0. The third kappa shape index (κ3) is 5.22. The number of carbonyl (C=O) groups is 1. The molecule has 0 spiro atoms. The second-order valence-corrected chi connectivity index (χ2v) is 9.00. The summed E-state index contributed by atoms with van der Waals surface area (Å²) in [5, 5.41) is 2.93. The van der Waals surface area contributed by atoms with E-state index in [4.69, 9.17) is 11.6 Å². The molecule has 2 aromatic carbocycles. The number of hydrogen-bond donors (Lipinski definition) is 2. The molecule has 7 nitrogen and oxygen atoms in total. The van der Waals surface area contributed by atoms with Crippen molar-refractivity contribution in [1.82, 2.24) is 9.97 Å². The SMILES string of the molecule is O=C(CSc1ncc(S(=O)(=O)c2ccc(Cl)cc2)c(=O)[nH]1)Nc1cccc(F)c1. The maximum atomic E-state index is 13.1. The molecule has 0 saturated heterocycles. The Bertz CT molecular complexity index is 1210. The van der Waals surface area contributed by atoms with E-state index in [0.717, 1.165) is 18.0 Å². The zero-order valence-electron chi connectivity index (χ0n) is 14.6. The van der Waals surface area contributed by atoms with Crippen LogP contribution < -0.4 is 10.9 Å². The van der Waals surface area contributed by atoms with E-state index >= 15 is 0 Å². The maximum absolute atomic E-state index is 13.1. The van der Waals surface area contributed by atoms with Gasteiger partial charge < -0.3 is 10.3 Å². The van der Waals surface area contributed by atoms with Crippen molar-refractivity contribution in [2.75, 3.05) is 11.1 Å². The van der Waals surface area contributed by atoms with Crippen LogP contribution in [0.5, 0.6) is 0 Å². The molecule has 3 aromatic rings. The van der Waals surface area contributed by atoms with Crippen LogP contribution in [0, 0.1) is 5.82 Å². The molecule has 0 aliphatic heterocycles. The van der Waals surface area contributed by atoms with E-state index in [1.54, 1.807) is 0 Å². The largest absolute Gasteiger partial charge is 0.325 e. The van der Waals surface area contributed by atoms with E-state index in [-0.39, 0.29) is 15.8 Å². The quantitative estimate of drug-likeness (QED) is 0.438. The average molecular weight is 454 g/mol. The van der Waals surface area contributed by atoms with Gasteiger partial charge in [-0.3, -0.25) is 9.59 Å². The van der Waals surface area contributed by atoms with Crippen LogP contribution in [0.1, 0.15) is 0 Å². The molecule has 2 N–H and O–H groups in total. The van der Waals surface area contributed by atoms with Crippen LogP contribution in [0.25, 0.3) is 0 Å². The minimum Gasteiger partial charge on any atom is -0.325 e. The number of aromatic amines is 1. The van der Waals surface area contributed by atoms with Crippen LogP contribution in [0.3, 0.4) is 0 Å². The topological polar surface area (TPSA) is 109 Å². The standard InChI is InChI=1S/C18H13ClFN3O4S2/c19-11-4-6-14(7-5-11)29(26,27)15-9-21-18(23-17(15)25)28-10-16(24)22-13-3-1-2-12(20)8-13/h1-9H,10H2,(H,22,24)(H,21,23,25). The number of nitrogens with zero attached hydrogens (tertiary/aromatic N) is 1. The van der Waals surface area contributed by atoms with Gasteiger partial charge in [0.05, 0.1) is 16.8 Å². The average Bonchev–Trinajstić information content (AvgIpc) is 2.66. The van der Waals surface area contributed by atoms with E-state index < -0.39 is 32.0 Å². The van der Waals surface area contributed by atoms with Gasteiger partial charge in [-0.15, -0.1) is 0 Å². The van der Waals surface area contributed by atoms with Gasteiger partial charge in [-0.05, 0) is 42.5 Å². The number of H-pyrrole nitrogens is 1. The van der Waals surface area contributed by atoms with Gasteiger partial charge in [0, 0.05) is 10.7 Å². The van der Waals surface area contributed by atoms with Crippen molar-refractivity contribution in [3.05, 3.63) is 75.9 Å². The minimum atomic E-state index is -4.07. The molecule has 0 aliphatic carbocycles. The van der Waals surface area contributed by atoms with Crippen molar-refractivity contribution in [1.29, 1.82) is 0 Å². The fourth-order valence-electron chi connectivity index (χ4n) is 2.27. The number of anilines is 1. The summed E-state index contributed by atoms with van der Waals surface area (Å²) in [7, 11) is -4.07. The van der Waals surface area contributed by atoms with Crippen molar-refractivity contribution in [2.24, 2.45) is 0 Å². The van der Waals surface area contributed by atoms with Gasteiger partial charge in [-0.1, -0.05) is 29.4 Å². The highest BCUT2D eigenvalue weighted by Gasteiger charge is 2.22. The monoisotopic (exact) mass is 453 g/mol. The molecule has 1 heterocycles. The number of thioether (sulfide) groups is 1. The van der Waals surface area contributed by atoms with Crippen LogP contribution >= 0.6 is 23.4 Å². The van der Waals surface area contributed by atoms with Crippen molar-refractivity contribution in [2.45, 2.75) is 14.9 Å². The lowest BCUT2D eigenvalue weighted by Gasteiger charge is -2.06. The van der Waals surface area contributed by atoms with Gasteiger partial charge >= 0.3 is 0 Å². The molecule has 0 bridgehead atoms. The number of aromatic nitrogens is 2. The number of nitrogens with one attached hydrogen (secondary N) is 2. The number of amides is 1. The highest BCUT2D eigenvalue weighted by Crippen LogP contribution is 2.20. The zero-order valence-corrected chi connectivity index (χ0v) is 16.9.